The van der Waals surface area contributed by atoms with E-state index in [1.165, 1.54) is 17.0 Å². The predicted octanol–water partition coefficient (Wildman–Crippen LogP) is 3.11. The SMILES string of the molecule is CCOC(=O)C1=C(CN2CCN(C(=O)c3ccc(C)cc3)CC2)N(C)C(=O)NC1c1cccc(F)c1. The molecule has 2 aromatic rings. The van der Waals surface area contributed by atoms with Crippen LogP contribution >= 0.6 is 0 Å². The van der Waals surface area contributed by atoms with Gasteiger partial charge in [-0.1, -0.05) is 29.8 Å². The van der Waals surface area contributed by atoms with Crippen LogP contribution in [0.4, 0.5) is 9.18 Å². The molecule has 0 aliphatic carbocycles. The first kappa shape index (κ1) is 25.4. The summed E-state index contributed by atoms with van der Waals surface area (Å²) in [6.45, 7) is 6.39. The normalized spacial score (nSPS) is 18.8. The molecule has 0 saturated carbocycles. The van der Waals surface area contributed by atoms with Gasteiger partial charge in [0, 0.05) is 51.0 Å². The van der Waals surface area contributed by atoms with Crippen molar-refractivity contribution in [3.05, 3.63) is 82.3 Å². The minimum Gasteiger partial charge on any atom is -0.463 e. The van der Waals surface area contributed by atoms with Crippen molar-refractivity contribution in [3.63, 3.8) is 0 Å². The number of ether oxygens (including phenoxy) is 1. The number of hydrogen-bond donors (Lipinski definition) is 1. The standard InChI is InChI=1S/C27H31FN4O4/c1-4-36-26(34)23-22(30(3)27(35)29-24(23)20-6-5-7-21(28)16-20)17-31-12-14-32(15-13-31)25(33)19-10-8-18(2)9-11-19/h5-11,16,24H,4,12-15,17H2,1-3H3,(H,29,35). The van der Waals surface area contributed by atoms with Gasteiger partial charge in [0.05, 0.1) is 18.2 Å². The summed E-state index contributed by atoms with van der Waals surface area (Å²) in [5, 5.41) is 2.80. The lowest BCUT2D eigenvalue weighted by Crippen LogP contribution is -2.53. The maximum absolute atomic E-state index is 14.0. The maximum Gasteiger partial charge on any atom is 0.338 e. The number of hydrogen-bond acceptors (Lipinski definition) is 5. The summed E-state index contributed by atoms with van der Waals surface area (Å²) in [4.78, 5) is 44.1. The van der Waals surface area contributed by atoms with Crippen LogP contribution in [0.25, 0.3) is 0 Å². The molecule has 1 saturated heterocycles. The van der Waals surface area contributed by atoms with Crippen molar-refractivity contribution in [2.75, 3.05) is 46.4 Å². The van der Waals surface area contributed by atoms with E-state index in [-0.39, 0.29) is 24.1 Å². The van der Waals surface area contributed by atoms with Gasteiger partial charge in [0.1, 0.15) is 5.82 Å². The molecule has 0 bridgehead atoms. The second-order valence-corrected chi connectivity index (χ2v) is 9.01. The molecular weight excluding hydrogens is 463 g/mol. The zero-order valence-corrected chi connectivity index (χ0v) is 20.8. The highest BCUT2D eigenvalue weighted by Crippen LogP contribution is 2.32. The maximum atomic E-state index is 14.0. The molecule has 3 amide bonds. The van der Waals surface area contributed by atoms with Crippen LogP contribution < -0.4 is 5.32 Å². The summed E-state index contributed by atoms with van der Waals surface area (Å²) in [7, 11) is 1.60. The van der Waals surface area contributed by atoms with Crippen LogP contribution in [0.15, 0.2) is 59.8 Å². The molecule has 4 rings (SSSR count). The molecule has 1 atom stereocenters. The van der Waals surface area contributed by atoms with Gasteiger partial charge in [-0.05, 0) is 43.7 Å². The van der Waals surface area contributed by atoms with E-state index in [0.29, 0.717) is 49.5 Å². The summed E-state index contributed by atoms with van der Waals surface area (Å²) in [5.41, 5.74) is 3.00. The van der Waals surface area contributed by atoms with Gasteiger partial charge >= 0.3 is 12.0 Å². The molecule has 2 aliphatic rings. The first-order chi connectivity index (χ1) is 17.3. The molecule has 1 fully saturated rings. The zero-order valence-electron chi connectivity index (χ0n) is 20.8. The lowest BCUT2D eigenvalue weighted by molar-refractivity contribution is -0.139. The molecule has 190 valence electrons. The second-order valence-electron chi connectivity index (χ2n) is 9.01. The Kier molecular flexibility index (Phi) is 7.69. The molecule has 1 N–H and O–H groups in total. The topological polar surface area (TPSA) is 82.2 Å². The molecule has 0 radical (unpaired) electrons. The van der Waals surface area contributed by atoms with Crippen LogP contribution in [0.1, 0.15) is 34.5 Å². The molecule has 2 aliphatic heterocycles. The van der Waals surface area contributed by atoms with E-state index in [9.17, 15) is 18.8 Å². The van der Waals surface area contributed by atoms with Crippen molar-refractivity contribution >= 4 is 17.9 Å². The summed E-state index contributed by atoms with van der Waals surface area (Å²) in [6, 6.07) is 12.1. The average molecular weight is 495 g/mol. The van der Waals surface area contributed by atoms with Gasteiger partial charge in [0.2, 0.25) is 0 Å². The van der Waals surface area contributed by atoms with E-state index >= 15 is 0 Å². The number of carbonyl (C=O) groups excluding carboxylic acids is 3. The van der Waals surface area contributed by atoms with E-state index in [1.54, 1.807) is 26.1 Å². The van der Waals surface area contributed by atoms with Gasteiger partial charge < -0.3 is 15.0 Å². The van der Waals surface area contributed by atoms with Gasteiger partial charge in [-0.15, -0.1) is 0 Å². The summed E-state index contributed by atoms with van der Waals surface area (Å²) in [5.74, 6) is -1.02. The molecule has 1 unspecified atom stereocenters. The Hall–Kier alpha value is -3.72. The van der Waals surface area contributed by atoms with Crippen molar-refractivity contribution in [3.8, 4) is 0 Å². The smallest absolute Gasteiger partial charge is 0.338 e. The number of halogens is 1. The third-order valence-corrected chi connectivity index (χ3v) is 6.59. The minimum atomic E-state index is -0.831. The van der Waals surface area contributed by atoms with Crippen molar-refractivity contribution in [1.82, 2.24) is 20.0 Å². The van der Waals surface area contributed by atoms with Crippen LogP contribution in [-0.4, -0.2) is 79.0 Å². The van der Waals surface area contributed by atoms with Crippen LogP contribution in [0.2, 0.25) is 0 Å². The first-order valence-electron chi connectivity index (χ1n) is 12.1. The predicted molar refractivity (Wildman–Crippen MR) is 133 cm³/mol. The van der Waals surface area contributed by atoms with E-state index in [1.807, 2.05) is 36.1 Å². The van der Waals surface area contributed by atoms with Crippen molar-refractivity contribution < 1.29 is 23.5 Å². The number of carbonyl (C=O) groups is 3. The molecule has 8 nitrogen and oxygen atoms in total. The number of rotatable bonds is 6. The molecule has 9 heteroatoms. The Morgan fingerprint density at radius 1 is 1.08 bits per heavy atom. The van der Waals surface area contributed by atoms with Gasteiger partial charge in [-0.25, -0.2) is 14.0 Å². The number of benzene rings is 2. The Labute approximate surface area is 210 Å². The van der Waals surface area contributed by atoms with E-state index in [4.69, 9.17) is 4.74 Å². The fourth-order valence-corrected chi connectivity index (χ4v) is 4.53. The molecule has 0 spiro atoms. The number of aryl methyl sites for hydroxylation is 1. The molecule has 0 aromatic heterocycles. The molecule has 36 heavy (non-hydrogen) atoms. The number of piperazine rings is 1. The van der Waals surface area contributed by atoms with E-state index in [2.05, 4.69) is 10.2 Å². The monoisotopic (exact) mass is 494 g/mol. The number of nitrogens with zero attached hydrogens (tertiary/aromatic N) is 3. The van der Waals surface area contributed by atoms with Gasteiger partial charge in [0.25, 0.3) is 5.91 Å². The summed E-state index contributed by atoms with van der Waals surface area (Å²) >= 11 is 0. The van der Waals surface area contributed by atoms with Gasteiger partial charge in [0.15, 0.2) is 0 Å². The van der Waals surface area contributed by atoms with Crippen LogP contribution in [-0.2, 0) is 9.53 Å². The van der Waals surface area contributed by atoms with Gasteiger partial charge in [-0.3, -0.25) is 14.6 Å². The minimum absolute atomic E-state index is 0.0126. The fourth-order valence-electron chi connectivity index (χ4n) is 4.53. The summed E-state index contributed by atoms with van der Waals surface area (Å²) < 4.78 is 19.3. The third-order valence-electron chi connectivity index (χ3n) is 6.59. The Bertz CT molecular complexity index is 1170. The van der Waals surface area contributed by atoms with Crippen LogP contribution in [0.3, 0.4) is 0 Å². The third kappa shape index (κ3) is 5.41. The number of likely N-dealkylation sites (N-methyl/N-ethyl adjacent to an activating group) is 1. The number of esters is 1. The lowest BCUT2D eigenvalue weighted by atomic mass is 9.94. The Morgan fingerprint density at radius 3 is 2.42 bits per heavy atom. The highest BCUT2D eigenvalue weighted by atomic mass is 19.1. The number of amides is 3. The Morgan fingerprint density at radius 2 is 1.78 bits per heavy atom. The van der Waals surface area contributed by atoms with Crippen molar-refractivity contribution in [2.45, 2.75) is 19.9 Å². The average Bonchev–Trinajstić information content (AvgIpc) is 2.87. The quantitative estimate of drug-likeness (QED) is 0.624. The Balaban J connectivity index is 1.56. The number of nitrogens with one attached hydrogen (secondary N) is 1. The van der Waals surface area contributed by atoms with Gasteiger partial charge in [-0.2, -0.15) is 0 Å². The second kappa shape index (κ2) is 10.9. The van der Waals surface area contributed by atoms with Crippen molar-refractivity contribution in [2.24, 2.45) is 0 Å². The zero-order chi connectivity index (χ0) is 25.8. The highest BCUT2D eigenvalue weighted by molar-refractivity contribution is 5.95. The molecular formula is C27H31FN4O4. The van der Waals surface area contributed by atoms with Crippen LogP contribution in [0, 0.1) is 12.7 Å². The largest absolute Gasteiger partial charge is 0.463 e. The van der Waals surface area contributed by atoms with E-state index in [0.717, 1.165) is 5.56 Å². The number of urea groups is 1. The van der Waals surface area contributed by atoms with Crippen molar-refractivity contribution in [1.29, 1.82) is 0 Å². The first-order valence-corrected chi connectivity index (χ1v) is 12.1. The molecule has 2 heterocycles. The lowest BCUT2D eigenvalue weighted by Gasteiger charge is -2.39. The van der Waals surface area contributed by atoms with E-state index < -0.39 is 17.8 Å². The molecule has 2 aromatic carbocycles. The summed E-state index contributed by atoms with van der Waals surface area (Å²) in [6.07, 6.45) is 0. The fraction of sp³-hybridized carbons (Fsp3) is 0.370. The highest BCUT2D eigenvalue weighted by Gasteiger charge is 2.38. The van der Waals surface area contributed by atoms with Crippen LogP contribution in [0.5, 0.6) is 0 Å².